The number of benzene rings is 2. The lowest BCUT2D eigenvalue weighted by Crippen LogP contribution is -2.42. The third kappa shape index (κ3) is 6.52. The highest BCUT2D eigenvalue weighted by molar-refractivity contribution is 9.10. The average molecular weight is 603 g/mol. The molecule has 0 radical (unpaired) electrons. The van der Waals surface area contributed by atoms with Gasteiger partial charge < -0.3 is 14.2 Å². The van der Waals surface area contributed by atoms with Gasteiger partial charge in [-0.3, -0.25) is 14.5 Å². The summed E-state index contributed by atoms with van der Waals surface area (Å²) in [5, 5.41) is 0.476. The first-order valence-electron chi connectivity index (χ1n) is 10.6. The van der Waals surface area contributed by atoms with Crippen molar-refractivity contribution >= 4 is 74.1 Å². The van der Waals surface area contributed by atoms with Crippen LogP contribution in [0.1, 0.15) is 31.9 Å². The summed E-state index contributed by atoms with van der Waals surface area (Å²) in [5.74, 6) is -0.293. The largest absolute Gasteiger partial charge is 0.490 e. The quantitative estimate of drug-likeness (QED) is 0.233. The molecule has 0 N–H and O–H groups in total. The van der Waals surface area contributed by atoms with E-state index in [9.17, 15) is 14.4 Å². The van der Waals surface area contributed by atoms with Crippen LogP contribution in [0.4, 0.5) is 4.79 Å². The third-order valence-electron chi connectivity index (χ3n) is 4.89. The molecular weight excluding hydrogens is 581 g/mol. The van der Waals surface area contributed by atoms with Gasteiger partial charge in [-0.05, 0) is 68.4 Å². The topological polar surface area (TPSA) is 82.1 Å². The number of hydrogen-bond acceptors (Lipinski definition) is 7. The molecule has 2 amide bonds. The zero-order valence-corrected chi connectivity index (χ0v) is 23.0. The van der Waals surface area contributed by atoms with E-state index in [2.05, 4.69) is 15.9 Å². The fourth-order valence-corrected chi connectivity index (χ4v) is 4.96. The molecule has 186 valence electrons. The van der Waals surface area contributed by atoms with Gasteiger partial charge in [0.15, 0.2) is 11.5 Å². The Labute approximate surface area is 225 Å². The summed E-state index contributed by atoms with van der Waals surface area (Å²) in [6.45, 7) is 5.67. The molecule has 2 aromatic carbocycles. The number of hydrogen-bond donors (Lipinski definition) is 0. The Morgan fingerprint density at radius 1 is 1.11 bits per heavy atom. The average Bonchev–Trinajstić information content (AvgIpc) is 3.08. The Kier molecular flexibility index (Phi) is 9.52. The van der Waals surface area contributed by atoms with Crippen molar-refractivity contribution in [1.82, 2.24) is 4.90 Å². The van der Waals surface area contributed by atoms with Gasteiger partial charge in [0.2, 0.25) is 0 Å². The number of ether oxygens (including phenoxy) is 3. The van der Waals surface area contributed by atoms with Crippen LogP contribution in [0.15, 0.2) is 39.7 Å². The third-order valence-corrected chi connectivity index (χ3v) is 7.04. The van der Waals surface area contributed by atoms with Crippen molar-refractivity contribution in [1.29, 1.82) is 0 Å². The van der Waals surface area contributed by atoms with Gasteiger partial charge in [0.05, 0.1) is 18.1 Å². The lowest BCUT2D eigenvalue weighted by atomic mass is 10.1. The zero-order chi connectivity index (χ0) is 25.7. The molecule has 3 rings (SSSR count). The molecule has 7 nitrogen and oxygen atoms in total. The van der Waals surface area contributed by atoms with Gasteiger partial charge in [0, 0.05) is 20.1 Å². The first-order valence-corrected chi connectivity index (χ1v) is 13.0. The van der Waals surface area contributed by atoms with Crippen molar-refractivity contribution in [3.8, 4) is 11.5 Å². The van der Waals surface area contributed by atoms with Crippen LogP contribution < -0.4 is 9.47 Å². The van der Waals surface area contributed by atoms with Crippen LogP contribution in [-0.4, -0.2) is 41.3 Å². The van der Waals surface area contributed by atoms with Crippen molar-refractivity contribution < 1.29 is 28.6 Å². The minimum atomic E-state index is -1.02. The molecule has 1 aliphatic rings. The molecule has 35 heavy (non-hydrogen) atoms. The lowest BCUT2D eigenvalue weighted by Gasteiger charge is -2.19. The summed E-state index contributed by atoms with van der Waals surface area (Å²) in [5.41, 5.74) is 1.35. The SMILES string of the molecule is CCOC(=O)[C@H](C)N1C(=O)S/C(=C/c2cc(OCC)c(OCc3ccc(Cl)cc3Cl)cc2Br)C1=O. The van der Waals surface area contributed by atoms with Crippen LogP contribution in [0, 0.1) is 0 Å². The smallest absolute Gasteiger partial charge is 0.329 e. The summed E-state index contributed by atoms with van der Waals surface area (Å²) in [6.07, 6.45) is 1.56. The summed E-state index contributed by atoms with van der Waals surface area (Å²) < 4.78 is 17.2. The first-order chi connectivity index (χ1) is 16.7. The second kappa shape index (κ2) is 12.2. The minimum Gasteiger partial charge on any atom is -0.490 e. The number of thioether (sulfide) groups is 1. The second-order valence-electron chi connectivity index (χ2n) is 7.26. The van der Waals surface area contributed by atoms with E-state index in [0.29, 0.717) is 38.2 Å². The molecule has 1 aliphatic heterocycles. The van der Waals surface area contributed by atoms with Crippen LogP contribution >= 0.6 is 50.9 Å². The van der Waals surface area contributed by atoms with Crippen LogP contribution in [0.25, 0.3) is 6.08 Å². The van der Waals surface area contributed by atoms with Crippen molar-refractivity contribution in [2.75, 3.05) is 13.2 Å². The van der Waals surface area contributed by atoms with Crippen molar-refractivity contribution in [2.24, 2.45) is 0 Å². The van der Waals surface area contributed by atoms with Gasteiger partial charge in [-0.2, -0.15) is 0 Å². The second-order valence-corrected chi connectivity index (χ2v) is 9.95. The normalized spacial score (nSPS) is 15.5. The fourth-order valence-electron chi connectivity index (χ4n) is 3.16. The number of carbonyl (C=O) groups is 3. The Morgan fingerprint density at radius 2 is 1.83 bits per heavy atom. The molecule has 0 aromatic heterocycles. The van der Waals surface area contributed by atoms with E-state index < -0.39 is 23.2 Å². The maximum absolute atomic E-state index is 12.9. The molecule has 1 fully saturated rings. The highest BCUT2D eigenvalue weighted by Gasteiger charge is 2.41. The number of carbonyl (C=O) groups excluding carboxylic acids is 3. The van der Waals surface area contributed by atoms with Gasteiger partial charge in [-0.15, -0.1) is 0 Å². The van der Waals surface area contributed by atoms with Gasteiger partial charge in [0.1, 0.15) is 12.6 Å². The molecular formula is C24H22BrCl2NO6S. The van der Waals surface area contributed by atoms with E-state index in [1.165, 1.54) is 6.92 Å². The monoisotopic (exact) mass is 601 g/mol. The van der Waals surface area contributed by atoms with E-state index in [-0.39, 0.29) is 18.1 Å². The predicted octanol–water partition coefficient (Wildman–Crippen LogP) is 6.72. The molecule has 1 saturated heterocycles. The lowest BCUT2D eigenvalue weighted by molar-refractivity contribution is -0.150. The molecule has 0 unspecified atom stereocenters. The van der Waals surface area contributed by atoms with Crippen LogP contribution in [0.2, 0.25) is 10.0 Å². The van der Waals surface area contributed by atoms with Crippen molar-refractivity contribution in [3.63, 3.8) is 0 Å². The molecule has 1 heterocycles. The van der Waals surface area contributed by atoms with Gasteiger partial charge in [-0.25, -0.2) is 4.79 Å². The van der Waals surface area contributed by atoms with E-state index >= 15 is 0 Å². The molecule has 2 aromatic rings. The summed E-state index contributed by atoms with van der Waals surface area (Å²) in [4.78, 5) is 38.5. The minimum absolute atomic E-state index is 0.154. The first kappa shape index (κ1) is 27.4. The highest BCUT2D eigenvalue weighted by atomic mass is 79.9. The van der Waals surface area contributed by atoms with Crippen molar-refractivity contribution in [3.05, 3.63) is 60.9 Å². The summed E-state index contributed by atoms with van der Waals surface area (Å²) in [7, 11) is 0. The van der Waals surface area contributed by atoms with E-state index in [4.69, 9.17) is 37.4 Å². The Morgan fingerprint density at radius 3 is 2.49 bits per heavy atom. The highest BCUT2D eigenvalue weighted by Crippen LogP contribution is 2.39. The van der Waals surface area contributed by atoms with E-state index in [1.807, 2.05) is 6.92 Å². The fraction of sp³-hybridized carbons (Fsp3) is 0.292. The molecule has 0 bridgehead atoms. The molecule has 0 saturated carbocycles. The molecule has 1 atom stereocenters. The number of esters is 1. The number of rotatable bonds is 9. The summed E-state index contributed by atoms with van der Waals surface area (Å²) in [6, 6.07) is 7.54. The Hall–Kier alpha value is -2.20. The van der Waals surface area contributed by atoms with E-state index in [1.54, 1.807) is 43.3 Å². The van der Waals surface area contributed by atoms with Gasteiger partial charge in [0.25, 0.3) is 11.1 Å². The van der Waals surface area contributed by atoms with Crippen LogP contribution in [0.5, 0.6) is 11.5 Å². The predicted molar refractivity (Wildman–Crippen MR) is 140 cm³/mol. The Bertz CT molecular complexity index is 1190. The van der Waals surface area contributed by atoms with E-state index in [0.717, 1.165) is 22.2 Å². The number of imide groups is 1. The maximum Gasteiger partial charge on any atom is 0.329 e. The van der Waals surface area contributed by atoms with Crippen LogP contribution in [-0.2, 0) is 20.9 Å². The molecule has 0 spiro atoms. The maximum atomic E-state index is 12.9. The molecule has 11 heteroatoms. The number of amides is 2. The van der Waals surface area contributed by atoms with Crippen LogP contribution in [0.3, 0.4) is 0 Å². The van der Waals surface area contributed by atoms with Gasteiger partial charge in [-0.1, -0.05) is 45.2 Å². The molecule has 0 aliphatic carbocycles. The van der Waals surface area contributed by atoms with Crippen molar-refractivity contribution in [2.45, 2.75) is 33.4 Å². The Balaban J connectivity index is 1.86. The number of nitrogens with zero attached hydrogens (tertiary/aromatic N) is 1. The summed E-state index contributed by atoms with van der Waals surface area (Å²) >= 11 is 16.4. The zero-order valence-electron chi connectivity index (χ0n) is 19.1. The van der Waals surface area contributed by atoms with Gasteiger partial charge >= 0.3 is 5.97 Å². The standard InChI is InChI=1S/C24H22BrCl2NO6S/c1-4-32-19-8-15(9-21-22(29)28(24(31)35-21)13(3)23(30)33-5-2)17(25)11-20(19)34-12-14-6-7-16(26)10-18(14)27/h6-11,13H,4-5,12H2,1-3H3/b21-9+/t13-/m0/s1. The number of halogens is 3.